The van der Waals surface area contributed by atoms with Crippen molar-refractivity contribution >= 4 is 22.4 Å². The number of anilines is 1. The second kappa shape index (κ2) is 7.30. The summed E-state index contributed by atoms with van der Waals surface area (Å²) >= 11 is 1.32. The highest BCUT2D eigenvalue weighted by Crippen LogP contribution is 2.21. The van der Waals surface area contributed by atoms with E-state index in [1.165, 1.54) is 11.3 Å². The number of aromatic nitrogens is 5. The molecule has 3 heterocycles. The molecule has 0 spiro atoms. The van der Waals surface area contributed by atoms with Crippen molar-refractivity contribution in [3.63, 3.8) is 0 Å². The number of rotatable bonds is 4. The molecule has 1 amide bonds. The van der Waals surface area contributed by atoms with E-state index < -0.39 is 0 Å². The molecule has 1 aliphatic rings. The van der Waals surface area contributed by atoms with Crippen LogP contribution in [0.4, 0.5) is 5.13 Å². The van der Waals surface area contributed by atoms with Crippen molar-refractivity contribution in [2.45, 2.75) is 25.9 Å². The molecule has 2 aromatic heterocycles. The zero-order valence-electron chi connectivity index (χ0n) is 14.4. The number of hydrogen-bond donors (Lipinski definition) is 1. The molecule has 0 radical (unpaired) electrons. The van der Waals surface area contributed by atoms with Gasteiger partial charge in [0, 0.05) is 31.6 Å². The van der Waals surface area contributed by atoms with E-state index in [1.54, 1.807) is 5.51 Å². The highest BCUT2D eigenvalue weighted by atomic mass is 32.1. The third-order valence-electron chi connectivity index (χ3n) is 4.61. The molecule has 8 nitrogen and oxygen atoms in total. The van der Waals surface area contributed by atoms with Crippen LogP contribution >= 0.6 is 11.3 Å². The van der Waals surface area contributed by atoms with Crippen LogP contribution in [0.2, 0.25) is 0 Å². The number of amides is 1. The maximum Gasteiger partial charge on any atom is 0.243 e. The predicted octanol–water partition coefficient (Wildman–Crippen LogP) is 1.68. The van der Waals surface area contributed by atoms with Crippen molar-refractivity contribution in [2.24, 2.45) is 0 Å². The number of fused-ring (bicyclic) bond motifs is 1. The summed E-state index contributed by atoms with van der Waals surface area (Å²) in [4.78, 5) is 14.6. The van der Waals surface area contributed by atoms with E-state index in [2.05, 4.69) is 35.2 Å². The van der Waals surface area contributed by atoms with Crippen LogP contribution < -0.4 is 5.32 Å². The first kappa shape index (κ1) is 16.8. The first-order valence-electron chi connectivity index (χ1n) is 8.51. The molecule has 1 N–H and O–H groups in total. The molecule has 0 fully saturated rings. The van der Waals surface area contributed by atoms with Gasteiger partial charge in [0.05, 0.1) is 6.04 Å². The number of nitrogens with zero attached hydrogens (tertiary/aromatic N) is 6. The van der Waals surface area contributed by atoms with Crippen molar-refractivity contribution in [1.29, 1.82) is 0 Å². The summed E-state index contributed by atoms with van der Waals surface area (Å²) in [5, 5.41) is 19.7. The minimum atomic E-state index is -0.253. The first-order valence-corrected chi connectivity index (χ1v) is 9.39. The van der Waals surface area contributed by atoms with Crippen LogP contribution in [-0.2, 0) is 17.8 Å². The fraction of sp³-hybridized carbons (Fsp3) is 0.353. The fourth-order valence-corrected chi connectivity index (χ4v) is 3.58. The molecule has 4 rings (SSSR count). The lowest BCUT2D eigenvalue weighted by molar-refractivity contribution is -0.120. The molecule has 1 atom stereocenters. The standard InChI is InChI=1S/C17H19N7OS/c1-12(16(25)19-17-22-18-11-26-17)23-8-7-14-20-21-15(24(14)10-9-23)13-5-3-2-4-6-13/h2-6,11-12H,7-10H2,1H3,(H,19,22,25)/t12-/m1/s1. The third kappa shape index (κ3) is 3.35. The molecule has 0 bridgehead atoms. The average molecular weight is 369 g/mol. The maximum absolute atomic E-state index is 12.5. The summed E-state index contributed by atoms with van der Waals surface area (Å²) in [6.07, 6.45) is 0.760. The topological polar surface area (TPSA) is 88.8 Å². The van der Waals surface area contributed by atoms with Gasteiger partial charge >= 0.3 is 0 Å². The van der Waals surface area contributed by atoms with Crippen LogP contribution in [0.25, 0.3) is 11.4 Å². The van der Waals surface area contributed by atoms with Crippen LogP contribution in [0.1, 0.15) is 12.7 Å². The van der Waals surface area contributed by atoms with E-state index in [1.807, 2.05) is 37.3 Å². The predicted molar refractivity (Wildman–Crippen MR) is 98.7 cm³/mol. The Balaban J connectivity index is 1.46. The number of nitrogens with one attached hydrogen (secondary N) is 1. The monoisotopic (exact) mass is 369 g/mol. The minimum absolute atomic E-state index is 0.0669. The Bertz CT molecular complexity index is 878. The summed E-state index contributed by atoms with van der Waals surface area (Å²) in [5.41, 5.74) is 2.66. The lowest BCUT2D eigenvalue weighted by atomic mass is 10.2. The Labute approximate surface area is 154 Å². The number of hydrogen-bond acceptors (Lipinski definition) is 7. The van der Waals surface area contributed by atoms with Gasteiger partial charge in [0.15, 0.2) is 5.82 Å². The van der Waals surface area contributed by atoms with E-state index in [0.717, 1.165) is 43.3 Å². The van der Waals surface area contributed by atoms with Gasteiger partial charge in [-0.2, -0.15) is 0 Å². The number of carbonyl (C=O) groups excluding carboxylic acids is 1. The van der Waals surface area contributed by atoms with E-state index in [0.29, 0.717) is 5.13 Å². The third-order valence-corrected chi connectivity index (χ3v) is 5.22. The summed E-state index contributed by atoms with van der Waals surface area (Å²) in [6, 6.07) is 9.82. The lowest BCUT2D eigenvalue weighted by Crippen LogP contribution is -2.43. The second-order valence-electron chi connectivity index (χ2n) is 6.15. The normalized spacial score (nSPS) is 15.9. The van der Waals surface area contributed by atoms with Crippen LogP contribution in [0.15, 0.2) is 35.8 Å². The van der Waals surface area contributed by atoms with Crippen LogP contribution in [0.5, 0.6) is 0 Å². The number of carbonyl (C=O) groups is 1. The van der Waals surface area contributed by atoms with Gasteiger partial charge in [-0.05, 0) is 6.92 Å². The summed E-state index contributed by atoms with van der Waals surface area (Å²) in [7, 11) is 0. The quantitative estimate of drug-likeness (QED) is 0.753. The molecular weight excluding hydrogens is 350 g/mol. The summed E-state index contributed by atoms with van der Waals surface area (Å²) in [6.45, 7) is 4.19. The molecule has 1 aliphatic heterocycles. The van der Waals surface area contributed by atoms with E-state index in [-0.39, 0.29) is 11.9 Å². The molecular formula is C17H19N7OS. The molecule has 134 valence electrons. The van der Waals surface area contributed by atoms with Gasteiger partial charge < -0.3 is 4.57 Å². The molecule has 0 aliphatic carbocycles. The van der Waals surface area contributed by atoms with Crippen LogP contribution in [-0.4, -0.2) is 54.9 Å². The van der Waals surface area contributed by atoms with Crippen LogP contribution in [0, 0.1) is 0 Å². The van der Waals surface area contributed by atoms with Gasteiger partial charge in [-0.3, -0.25) is 15.0 Å². The van der Waals surface area contributed by atoms with Gasteiger partial charge in [-0.25, -0.2) is 0 Å². The molecule has 3 aromatic rings. The van der Waals surface area contributed by atoms with Crippen molar-refractivity contribution in [1.82, 2.24) is 29.9 Å². The van der Waals surface area contributed by atoms with Crippen molar-refractivity contribution in [2.75, 3.05) is 18.4 Å². The largest absolute Gasteiger partial charge is 0.310 e. The van der Waals surface area contributed by atoms with Crippen molar-refractivity contribution < 1.29 is 4.79 Å². The zero-order valence-corrected chi connectivity index (χ0v) is 15.2. The SMILES string of the molecule is C[C@H](C(=O)Nc1nncs1)N1CCc2nnc(-c3ccccc3)n2CC1. The lowest BCUT2D eigenvalue weighted by Gasteiger charge is -2.25. The average Bonchev–Trinajstić information content (AvgIpc) is 3.27. The van der Waals surface area contributed by atoms with E-state index in [9.17, 15) is 4.79 Å². The van der Waals surface area contributed by atoms with Gasteiger partial charge in [-0.15, -0.1) is 20.4 Å². The maximum atomic E-state index is 12.5. The molecule has 1 aromatic carbocycles. The van der Waals surface area contributed by atoms with Crippen molar-refractivity contribution in [3.05, 3.63) is 41.7 Å². The fourth-order valence-electron chi connectivity index (χ4n) is 3.13. The van der Waals surface area contributed by atoms with Gasteiger partial charge in [0.1, 0.15) is 11.3 Å². The molecule has 0 unspecified atom stereocenters. The van der Waals surface area contributed by atoms with Gasteiger partial charge in [-0.1, -0.05) is 41.7 Å². The smallest absolute Gasteiger partial charge is 0.243 e. The molecule has 0 saturated carbocycles. The Morgan fingerprint density at radius 3 is 2.77 bits per heavy atom. The summed E-state index contributed by atoms with van der Waals surface area (Å²) < 4.78 is 2.16. The minimum Gasteiger partial charge on any atom is -0.310 e. The number of benzene rings is 1. The Morgan fingerprint density at radius 2 is 2.00 bits per heavy atom. The molecule has 0 saturated heterocycles. The van der Waals surface area contributed by atoms with E-state index in [4.69, 9.17) is 0 Å². The second-order valence-corrected chi connectivity index (χ2v) is 6.99. The Hall–Kier alpha value is -2.65. The van der Waals surface area contributed by atoms with Crippen molar-refractivity contribution in [3.8, 4) is 11.4 Å². The van der Waals surface area contributed by atoms with Gasteiger partial charge in [0.2, 0.25) is 11.0 Å². The van der Waals surface area contributed by atoms with Crippen LogP contribution in [0.3, 0.4) is 0 Å². The summed E-state index contributed by atoms with van der Waals surface area (Å²) in [5.74, 6) is 1.78. The molecule has 26 heavy (non-hydrogen) atoms. The highest BCUT2D eigenvalue weighted by Gasteiger charge is 2.26. The first-order chi connectivity index (χ1) is 12.7. The Kier molecular flexibility index (Phi) is 4.72. The Morgan fingerprint density at radius 1 is 1.15 bits per heavy atom. The highest BCUT2D eigenvalue weighted by molar-refractivity contribution is 7.13. The zero-order chi connectivity index (χ0) is 17.9. The van der Waals surface area contributed by atoms with E-state index >= 15 is 0 Å². The van der Waals surface area contributed by atoms with Gasteiger partial charge in [0.25, 0.3) is 0 Å². The molecule has 9 heteroatoms.